The van der Waals surface area contributed by atoms with Crippen LogP contribution in [0.2, 0.25) is 0 Å². The number of aryl methyl sites for hydroxylation is 1. The molecule has 0 saturated carbocycles. The maximum absolute atomic E-state index is 12.0. The molecule has 8 heteroatoms. The Hall–Kier alpha value is -1.54. The molecular formula is C10H11BrN4O2S. The van der Waals surface area contributed by atoms with E-state index in [4.69, 9.17) is 5.73 Å². The van der Waals surface area contributed by atoms with Crippen LogP contribution in [0.5, 0.6) is 0 Å². The van der Waals surface area contributed by atoms with E-state index in [2.05, 4.69) is 30.6 Å². The number of benzene rings is 1. The Bertz CT molecular complexity index is 681. The first-order valence-corrected chi connectivity index (χ1v) is 7.25. The third-order valence-electron chi connectivity index (χ3n) is 2.20. The van der Waals surface area contributed by atoms with Crippen molar-refractivity contribution in [2.45, 2.75) is 11.9 Å². The molecule has 4 N–H and O–H groups in total. The monoisotopic (exact) mass is 330 g/mol. The smallest absolute Gasteiger partial charge is 0.279 e. The van der Waals surface area contributed by atoms with E-state index in [0.717, 1.165) is 0 Å². The van der Waals surface area contributed by atoms with Gasteiger partial charge in [0.05, 0.1) is 11.9 Å². The van der Waals surface area contributed by atoms with Crippen LogP contribution in [0.1, 0.15) is 5.82 Å². The van der Waals surface area contributed by atoms with E-state index in [1.165, 1.54) is 12.3 Å². The second kappa shape index (κ2) is 4.62. The normalized spacial score (nSPS) is 11.4. The molecule has 0 radical (unpaired) electrons. The predicted molar refractivity (Wildman–Crippen MR) is 72.7 cm³/mol. The Labute approximate surface area is 113 Å². The van der Waals surface area contributed by atoms with Crippen LogP contribution in [-0.2, 0) is 10.0 Å². The van der Waals surface area contributed by atoms with Crippen LogP contribution in [-0.4, -0.2) is 18.4 Å². The molecule has 0 aliphatic carbocycles. The first kappa shape index (κ1) is 12.9. The number of nitrogens with one attached hydrogen (secondary N) is 2. The summed E-state index contributed by atoms with van der Waals surface area (Å²) in [5, 5.41) is 0.00863. The summed E-state index contributed by atoms with van der Waals surface area (Å²) in [6.07, 6.45) is 1.26. The molecule has 6 nitrogen and oxygen atoms in total. The molecule has 0 unspecified atom stereocenters. The Morgan fingerprint density at radius 2 is 2.17 bits per heavy atom. The van der Waals surface area contributed by atoms with Crippen molar-refractivity contribution < 1.29 is 8.42 Å². The maximum atomic E-state index is 12.0. The minimum atomic E-state index is -3.69. The molecule has 0 spiro atoms. The first-order chi connectivity index (χ1) is 8.38. The highest BCUT2D eigenvalue weighted by Crippen LogP contribution is 2.26. The highest BCUT2D eigenvalue weighted by atomic mass is 79.9. The Kier molecular flexibility index (Phi) is 3.31. The molecule has 1 heterocycles. The standard InChI is InChI=1S/C10H11BrN4O2S/c1-6-13-5-10(14-6)18(16,17)15-9-4-7(12)2-3-8(9)11/h2-5,15H,12H2,1H3,(H,13,14). The van der Waals surface area contributed by atoms with Crippen molar-refractivity contribution in [1.29, 1.82) is 0 Å². The fourth-order valence-corrected chi connectivity index (χ4v) is 2.87. The van der Waals surface area contributed by atoms with E-state index >= 15 is 0 Å². The topological polar surface area (TPSA) is 101 Å². The molecule has 2 aromatic rings. The van der Waals surface area contributed by atoms with Gasteiger partial charge in [-0.3, -0.25) is 4.72 Å². The van der Waals surface area contributed by atoms with Crippen molar-refractivity contribution in [3.63, 3.8) is 0 Å². The van der Waals surface area contributed by atoms with Crippen molar-refractivity contribution in [3.05, 3.63) is 34.7 Å². The second-order valence-corrected chi connectivity index (χ2v) is 6.18. The van der Waals surface area contributed by atoms with Gasteiger partial charge in [-0.05, 0) is 41.1 Å². The zero-order valence-corrected chi connectivity index (χ0v) is 11.8. The van der Waals surface area contributed by atoms with Crippen LogP contribution in [0.3, 0.4) is 0 Å². The molecule has 0 fully saturated rings. The van der Waals surface area contributed by atoms with Gasteiger partial charge in [-0.1, -0.05) is 0 Å². The third-order valence-corrected chi connectivity index (χ3v) is 4.17. The van der Waals surface area contributed by atoms with Gasteiger partial charge in [-0.15, -0.1) is 0 Å². The van der Waals surface area contributed by atoms with E-state index in [0.29, 0.717) is 21.7 Å². The third kappa shape index (κ3) is 2.65. The lowest BCUT2D eigenvalue weighted by molar-refractivity contribution is 0.598. The molecule has 0 aliphatic heterocycles. The minimum absolute atomic E-state index is 0.00863. The van der Waals surface area contributed by atoms with Gasteiger partial charge < -0.3 is 10.7 Å². The van der Waals surface area contributed by atoms with Crippen molar-refractivity contribution in [1.82, 2.24) is 9.97 Å². The average Bonchev–Trinajstić information content (AvgIpc) is 2.71. The van der Waals surface area contributed by atoms with Crippen molar-refractivity contribution in [2.75, 3.05) is 10.5 Å². The van der Waals surface area contributed by atoms with Crippen LogP contribution in [0.4, 0.5) is 11.4 Å². The molecule has 0 saturated heterocycles. The number of hydrogen-bond donors (Lipinski definition) is 3. The fourth-order valence-electron chi connectivity index (χ4n) is 1.36. The Morgan fingerprint density at radius 1 is 1.44 bits per heavy atom. The second-order valence-electron chi connectivity index (χ2n) is 3.68. The Morgan fingerprint density at radius 3 is 2.78 bits per heavy atom. The number of nitrogen functional groups attached to an aromatic ring is 1. The van der Waals surface area contributed by atoms with Gasteiger partial charge in [0.25, 0.3) is 10.0 Å². The van der Waals surface area contributed by atoms with Crippen molar-refractivity contribution in [2.24, 2.45) is 0 Å². The van der Waals surface area contributed by atoms with Gasteiger partial charge in [-0.25, -0.2) is 4.98 Å². The lowest BCUT2D eigenvalue weighted by atomic mass is 10.3. The van der Waals surface area contributed by atoms with Crippen LogP contribution < -0.4 is 10.5 Å². The van der Waals surface area contributed by atoms with E-state index in [1.54, 1.807) is 19.1 Å². The fraction of sp³-hybridized carbons (Fsp3) is 0.100. The number of aromatic amines is 1. The van der Waals surface area contributed by atoms with Gasteiger partial charge in [-0.2, -0.15) is 8.42 Å². The highest BCUT2D eigenvalue weighted by Gasteiger charge is 2.17. The number of H-pyrrole nitrogens is 1. The van der Waals surface area contributed by atoms with Crippen molar-refractivity contribution >= 4 is 37.3 Å². The zero-order valence-electron chi connectivity index (χ0n) is 9.44. The number of nitrogens with two attached hydrogens (primary N) is 1. The van der Waals surface area contributed by atoms with Crippen molar-refractivity contribution in [3.8, 4) is 0 Å². The molecule has 18 heavy (non-hydrogen) atoms. The largest absolute Gasteiger partial charge is 0.399 e. The van der Waals surface area contributed by atoms with Gasteiger partial charge in [0, 0.05) is 10.2 Å². The first-order valence-electron chi connectivity index (χ1n) is 4.98. The molecule has 0 amide bonds. The van der Waals surface area contributed by atoms with E-state index in [-0.39, 0.29) is 5.03 Å². The number of sulfonamides is 1. The molecule has 96 valence electrons. The van der Waals surface area contributed by atoms with Crippen LogP contribution >= 0.6 is 15.9 Å². The average molecular weight is 331 g/mol. The van der Waals surface area contributed by atoms with E-state index < -0.39 is 10.0 Å². The molecule has 2 rings (SSSR count). The quantitative estimate of drug-likeness (QED) is 0.747. The predicted octanol–water partition coefficient (Wildman–Crippen LogP) is 1.86. The minimum Gasteiger partial charge on any atom is -0.399 e. The molecular weight excluding hydrogens is 320 g/mol. The molecule has 0 bridgehead atoms. The van der Waals surface area contributed by atoms with Crippen LogP contribution in [0.15, 0.2) is 33.9 Å². The number of halogens is 1. The van der Waals surface area contributed by atoms with Crippen LogP contribution in [0.25, 0.3) is 0 Å². The number of hydrogen-bond acceptors (Lipinski definition) is 4. The van der Waals surface area contributed by atoms with Gasteiger partial charge in [0.2, 0.25) is 0 Å². The molecule has 0 aliphatic rings. The number of nitrogens with zero attached hydrogens (tertiary/aromatic N) is 1. The van der Waals surface area contributed by atoms with E-state index in [9.17, 15) is 8.42 Å². The number of anilines is 2. The van der Waals surface area contributed by atoms with E-state index in [1.807, 2.05) is 0 Å². The summed E-state index contributed by atoms with van der Waals surface area (Å²) in [5.74, 6) is 0.530. The lowest BCUT2D eigenvalue weighted by Crippen LogP contribution is -2.14. The van der Waals surface area contributed by atoms with Crippen LogP contribution in [0, 0.1) is 6.92 Å². The summed E-state index contributed by atoms with van der Waals surface area (Å²) in [6.45, 7) is 1.68. The highest BCUT2D eigenvalue weighted by molar-refractivity contribution is 9.10. The summed E-state index contributed by atoms with van der Waals surface area (Å²) in [4.78, 5) is 6.52. The number of imidazole rings is 1. The zero-order chi connectivity index (χ0) is 13.3. The summed E-state index contributed by atoms with van der Waals surface area (Å²) in [6, 6.07) is 4.87. The van der Waals surface area contributed by atoms with Gasteiger partial charge >= 0.3 is 0 Å². The molecule has 1 aromatic carbocycles. The summed E-state index contributed by atoms with van der Waals surface area (Å²) in [5.41, 5.74) is 6.46. The van der Waals surface area contributed by atoms with Gasteiger partial charge in [0.1, 0.15) is 5.82 Å². The number of aromatic nitrogens is 2. The molecule has 0 atom stereocenters. The lowest BCUT2D eigenvalue weighted by Gasteiger charge is -2.08. The maximum Gasteiger partial charge on any atom is 0.279 e. The summed E-state index contributed by atoms with van der Waals surface area (Å²) < 4.78 is 27.1. The Balaban J connectivity index is 2.36. The van der Waals surface area contributed by atoms with Gasteiger partial charge in [0.15, 0.2) is 5.03 Å². The number of rotatable bonds is 3. The summed E-state index contributed by atoms with van der Waals surface area (Å²) in [7, 11) is -3.69. The SMILES string of the molecule is Cc1ncc(S(=O)(=O)Nc2cc(N)ccc2Br)[nH]1. The summed E-state index contributed by atoms with van der Waals surface area (Å²) >= 11 is 3.25. The molecule has 1 aromatic heterocycles.